The number of thioether (sulfide) groups is 1. The van der Waals surface area contributed by atoms with Crippen molar-refractivity contribution >= 4 is 23.4 Å². The zero-order valence-electron chi connectivity index (χ0n) is 17.0. The molecule has 4 rings (SSSR count). The van der Waals surface area contributed by atoms with Crippen LogP contribution in [0.4, 0.5) is 5.69 Å². The maximum Gasteiger partial charge on any atom is 0.240 e. The summed E-state index contributed by atoms with van der Waals surface area (Å²) in [6, 6.07) is 14.7. The molecule has 2 N–H and O–H groups in total. The Kier molecular flexibility index (Phi) is 5.80. The second-order valence-electron chi connectivity index (χ2n) is 6.72. The minimum atomic E-state index is -0.443. The van der Waals surface area contributed by atoms with Crippen LogP contribution in [-0.2, 0) is 11.2 Å². The van der Waals surface area contributed by atoms with Gasteiger partial charge in [0.25, 0.3) is 0 Å². The average molecular weight is 426 g/mol. The number of hydrogen-bond acceptors (Lipinski definition) is 7. The van der Waals surface area contributed by atoms with Crippen LogP contribution in [0.1, 0.15) is 24.4 Å². The number of benzene rings is 2. The lowest BCUT2D eigenvalue weighted by Crippen LogP contribution is -2.41. The van der Waals surface area contributed by atoms with Crippen molar-refractivity contribution in [3.05, 3.63) is 59.9 Å². The van der Waals surface area contributed by atoms with Gasteiger partial charge in [-0.3, -0.25) is 4.79 Å². The topological polar surface area (TPSA) is 90.3 Å². The van der Waals surface area contributed by atoms with Crippen molar-refractivity contribution < 1.29 is 14.3 Å². The van der Waals surface area contributed by atoms with Crippen molar-refractivity contribution in [3.8, 4) is 11.5 Å². The van der Waals surface area contributed by atoms with Gasteiger partial charge in [0, 0.05) is 12.1 Å². The molecule has 2 atom stereocenters. The Bertz CT molecular complexity index is 1020. The molecule has 0 fully saturated rings. The number of fused-ring (bicyclic) bond motifs is 1. The summed E-state index contributed by atoms with van der Waals surface area (Å²) in [6.07, 6.45) is 0.735. The molecule has 0 bridgehead atoms. The van der Waals surface area contributed by atoms with Crippen LogP contribution >= 0.6 is 11.8 Å². The van der Waals surface area contributed by atoms with Crippen molar-refractivity contribution in [1.82, 2.24) is 14.9 Å². The number of amides is 1. The Balaban J connectivity index is 1.63. The summed E-state index contributed by atoms with van der Waals surface area (Å²) in [4.78, 5) is 13.2. The van der Waals surface area contributed by atoms with E-state index in [2.05, 4.69) is 20.9 Å². The first-order valence-electron chi connectivity index (χ1n) is 9.59. The van der Waals surface area contributed by atoms with Crippen LogP contribution in [0.25, 0.3) is 0 Å². The van der Waals surface area contributed by atoms with Gasteiger partial charge in [0.1, 0.15) is 16.7 Å². The molecule has 0 aliphatic carbocycles. The second kappa shape index (κ2) is 8.66. The van der Waals surface area contributed by atoms with Gasteiger partial charge in [0.15, 0.2) is 5.82 Å². The molecule has 2 unspecified atom stereocenters. The Morgan fingerprint density at radius 3 is 2.30 bits per heavy atom. The third-order valence-electron chi connectivity index (χ3n) is 4.91. The Morgan fingerprint density at radius 2 is 1.70 bits per heavy atom. The standard InChI is InChI=1S/C21H23N5O3S/c1-4-17-23-24-21-26(17)25-18(13-5-9-15(28-2)10-6-13)19(30-21)20(27)22-14-7-11-16(29-3)12-8-14/h5-12,18-19,25H,4H2,1-3H3,(H,22,27). The third-order valence-corrected chi connectivity index (χ3v) is 6.13. The Hall–Kier alpha value is -3.20. The van der Waals surface area contributed by atoms with E-state index in [0.29, 0.717) is 10.8 Å². The van der Waals surface area contributed by atoms with Gasteiger partial charge in [0.05, 0.1) is 20.3 Å². The molecule has 1 aliphatic rings. The van der Waals surface area contributed by atoms with Gasteiger partial charge < -0.3 is 20.2 Å². The van der Waals surface area contributed by atoms with E-state index in [1.165, 1.54) is 11.8 Å². The molecular weight excluding hydrogens is 402 g/mol. The molecule has 2 aromatic carbocycles. The fourth-order valence-electron chi connectivity index (χ4n) is 3.28. The number of aromatic nitrogens is 3. The molecule has 1 aromatic heterocycles. The van der Waals surface area contributed by atoms with Crippen molar-refractivity contribution in [1.29, 1.82) is 0 Å². The zero-order chi connectivity index (χ0) is 21.1. The molecule has 156 valence electrons. The predicted molar refractivity (Wildman–Crippen MR) is 116 cm³/mol. The highest BCUT2D eigenvalue weighted by Gasteiger charge is 2.37. The Labute approximate surface area is 179 Å². The minimum Gasteiger partial charge on any atom is -0.497 e. The maximum absolute atomic E-state index is 13.2. The van der Waals surface area contributed by atoms with Crippen LogP contribution in [-0.4, -0.2) is 40.3 Å². The van der Waals surface area contributed by atoms with Crippen LogP contribution in [0.15, 0.2) is 53.7 Å². The van der Waals surface area contributed by atoms with Crippen LogP contribution in [0.2, 0.25) is 0 Å². The average Bonchev–Trinajstić information content (AvgIpc) is 3.21. The fraction of sp³-hybridized carbons (Fsp3) is 0.286. The number of carbonyl (C=O) groups is 1. The van der Waals surface area contributed by atoms with Crippen molar-refractivity contribution in [3.63, 3.8) is 0 Å². The van der Waals surface area contributed by atoms with E-state index < -0.39 is 5.25 Å². The lowest BCUT2D eigenvalue weighted by molar-refractivity contribution is -0.116. The highest BCUT2D eigenvalue weighted by atomic mass is 32.2. The summed E-state index contributed by atoms with van der Waals surface area (Å²) in [5.41, 5.74) is 5.11. The van der Waals surface area contributed by atoms with Crippen LogP contribution in [0, 0.1) is 0 Å². The number of methoxy groups -OCH3 is 2. The van der Waals surface area contributed by atoms with Crippen LogP contribution < -0.4 is 20.2 Å². The summed E-state index contributed by atoms with van der Waals surface area (Å²) < 4.78 is 12.3. The van der Waals surface area contributed by atoms with Crippen molar-refractivity contribution in [2.75, 3.05) is 25.0 Å². The number of nitrogens with one attached hydrogen (secondary N) is 2. The lowest BCUT2D eigenvalue weighted by atomic mass is 10.0. The molecule has 0 saturated carbocycles. The second-order valence-corrected chi connectivity index (χ2v) is 7.83. The van der Waals surface area contributed by atoms with Gasteiger partial charge in [-0.25, -0.2) is 4.68 Å². The minimum absolute atomic E-state index is 0.120. The Morgan fingerprint density at radius 1 is 1.07 bits per heavy atom. The SMILES string of the molecule is CCc1nnc2n1NC(c1ccc(OC)cc1)C(C(=O)Nc1ccc(OC)cc1)S2. The molecule has 0 saturated heterocycles. The third kappa shape index (κ3) is 3.93. The number of carbonyl (C=O) groups excluding carboxylic acids is 1. The first kappa shape index (κ1) is 20.1. The molecule has 30 heavy (non-hydrogen) atoms. The predicted octanol–water partition coefficient (Wildman–Crippen LogP) is 3.26. The highest BCUT2D eigenvalue weighted by molar-refractivity contribution is 8.00. The summed E-state index contributed by atoms with van der Waals surface area (Å²) in [5.74, 6) is 2.20. The van der Waals surface area contributed by atoms with Gasteiger partial charge in [-0.1, -0.05) is 30.8 Å². The van der Waals surface area contributed by atoms with E-state index in [9.17, 15) is 4.79 Å². The summed E-state index contributed by atoms with van der Waals surface area (Å²) in [6.45, 7) is 2.02. The number of hydrogen-bond donors (Lipinski definition) is 2. The fourth-order valence-corrected chi connectivity index (χ4v) is 4.38. The lowest BCUT2D eigenvalue weighted by Gasteiger charge is -2.33. The largest absolute Gasteiger partial charge is 0.497 e. The molecule has 8 nitrogen and oxygen atoms in total. The zero-order valence-corrected chi connectivity index (χ0v) is 17.8. The molecule has 9 heteroatoms. The van der Waals surface area contributed by atoms with Crippen molar-refractivity contribution in [2.24, 2.45) is 0 Å². The molecule has 0 radical (unpaired) electrons. The molecule has 3 aromatic rings. The van der Waals surface area contributed by atoms with Gasteiger partial charge >= 0.3 is 0 Å². The van der Waals surface area contributed by atoms with E-state index >= 15 is 0 Å². The van der Waals surface area contributed by atoms with Gasteiger partial charge in [-0.15, -0.1) is 10.2 Å². The van der Waals surface area contributed by atoms with Crippen LogP contribution in [0.5, 0.6) is 11.5 Å². The van der Waals surface area contributed by atoms with Crippen molar-refractivity contribution in [2.45, 2.75) is 29.8 Å². The van der Waals surface area contributed by atoms with Gasteiger partial charge in [0.2, 0.25) is 11.1 Å². The van der Waals surface area contributed by atoms with Gasteiger partial charge in [-0.2, -0.15) is 0 Å². The number of ether oxygens (including phenoxy) is 2. The molecule has 0 spiro atoms. The van der Waals surface area contributed by atoms with E-state index in [4.69, 9.17) is 9.47 Å². The number of rotatable bonds is 6. The van der Waals surface area contributed by atoms with E-state index in [-0.39, 0.29) is 11.9 Å². The van der Waals surface area contributed by atoms with E-state index in [1.807, 2.05) is 60.1 Å². The monoisotopic (exact) mass is 425 g/mol. The van der Waals surface area contributed by atoms with Gasteiger partial charge in [-0.05, 0) is 42.0 Å². The molecular formula is C21H23N5O3S. The molecule has 1 aliphatic heterocycles. The smallest absolute Gasteiger partial charge is 0.240 e. The first-order chi connectivity index (χ1) is 14.6. The van der Waals surface area contributed by atoms with Crippen LogP contribution in [0.3, 0.4) is 0 Å². The maximum atomic E-state index is 13.2. The first-order valence-corrected chi connectivity index (χ1v) is 10.5. The van der Waals surface area contributed by atoms with E-state index in [1.54, 1.807) is 14.2 Å². The molecule has 2 heterocycles. The molecule has 1 amide bonds. The number of aryl methyl sites for hydroxylation is 1. The number of nitrogens with zero attached hydrogens (tertiary/aromatic N) is 3. The highest BCUT2D eigenvalue weighted by Crippen LogP contribution is 2.38. The summed E-state index contributed by atoms with van der Waals surface area (Å²) in [7, 11) is 3.24. The summed E-state index contributed by atoms with van der Waals surface area (Å²) in [5, 5.41) is 11.7. The number of anilines is 1. The van der Waals surface area contributed by atoms with E-state index in [0.717, 1.165) is 29.3 Å². The summed E-state index contributed by atoms with van der Waals surface area (Å²) >= 11 is 1.40. The quantitative estimate of drug-likeness (QED) is 0.626. The normalized spacial score (nSPS) is 17.6.